The monoisotopic (exact) mass is 378 g/mol. The second-order valence-corrected chi connectivity index (χ2v) is 7.04. The maximum absolute atomic E-state index is 5.94. The van der Waals surface area contributed by atoms with Gasteiger partial charge in [-0.1, -0.05) is 18.2 Å². The van der Waals surface area contributed by atoms with Gasteiger partial charge >= 0.3 is 0 Å². The molecule has 28 heavy (non-hydrogen) atoms. The first-order valence-electron chi connectivity index (χ1n) is 9.54. The largest absolute Gasteiger partial charge is 0.491 e. The van der Waals surface area contributed by atoms with Crippen LogP contribution < -0.4 is 14.2 Å². The van der Waals surface area contributed by atoms with E-state index in [-0.39, 0.29) is 12.9 Å². The zero-order valence-corrected chi connectivity index (χ0v) is 15.5. The minimum atomic E-state index is 0.0345. The molecule has 2 aromatic carbocycles. The maximum Gasteiger partial charge on any atom is 0.231 e. The van der Waals surface area contributed by atoms with E-state index in [0.717, 1.165) is 42.4 Å². The molecular weight excluding hydrogens is 356 g/mol. The van der Waals surface area contributed by atoms with Crippen molar-refractivity contribution in [2.45, 2.75) is 12.6 Å². The zero-order valence-electron chi connectivity index (χ0n) is 15.5. The number of rotatable bonds is 5. The number of nitrogens with zero attached hydrogens (tertiary/aromatic N) is 2. The van der Waals surface area contributed by atoms with Crippen molar-refractivity contribution < 1.29 is 18.9 Å². The van der Waals surface area contributed by atoms with Gasteiger partial charge in [0.15, 0.2) is 11.5 Å². The Morgan fingerprint density at radius 3 is 3.00 bits per heavy atom. The van der Waals surface area contributed by atoms with Gasteiger partial charge in [0.25, 0.3) is 0 Å². The molecule has 3 aromatic rings. The Hall–Kier alpha value is -2.83. The lowest BCUT2D eigenvalue weighted by Gasteiger charge is -2.33. The number of para-hydroxylation sites is 1. The first-order valence-corrected chi connectivity index (χ1v) is 9.54. The van der Waals surface area contributed by atoms with Gasteiger partial charge in [0, 0.05) is 37.3 Å². The smallest absolute Gasteiger partial charge is 0.231 e. The lowest BCUT2D eigenvalue weighted by atomic mass is 10.1. The Bertz CT molecular complexity index is 972. The molecule has 6 heteroatoms. The van der Waals surface area contributed by atoms with Crippen LogP contribution in [0.15, 0.2) is 54.7 Å². The molecule has 6 nitrogen and oxygen atoms in total. The molecule has 2 aliphatic rings. The van der Waals surface area contributed by atoms with Crippen molar-refractivity contribution in [2.24, 2.45) is 0 Å². The second-order valence-electron chi connectivity index (χ2n) is 7.04. The summed E-state index contributed by atoms with van der Waals surface area (Å²) in [5.41, 5.74) is 2.33. The predicted octanol–water partition coefficient (Wildman–Crippen LogP) is 3.24. The second kappa shape index (κ2) is 7.66. The SMILES string of the molecule is c1ccc2c(CN3CCOC(COc4ccc5c(c4)OCO5)C3)ccnc2c1. The van der Waals surface area contributed by atoms with Crippen molar-refractivity contribution in [3.63, 3.8) is 0 Å². The summed E-state index contributed by atoms with van der Waals surface area (Å²) in [6.07, 6.45) is 1.92. The summed E-state index contributed by atoms with van der Waals surface area (Å²) in [6, 6.07) is 16.0. The quantitative estimate of drug-likeness (QED) is 0.679. The number of ether oxygens (including phenoxy) is 4. The fourth-order valence-corrected chi connectivity index (χ4v) is 3.71. The topological polar surface area (TPSA) is 53.1 Å². The fourth-order valence-electron chi connectivity index (χ4n) is 3.71. The van der Waals surface area contributed by atoms with Gasteiger partial charge in [0.05, 0.1) is 12.1 Å². The maximum atomic E-state index is 5.94. The molecule has 1 atom stereocenters. The summed E-state index contributed by atoms with van der Waals surface area (Å²) >= 11 is 0. The van der Waals surface area contributed by atoms with Gasteiger partial charge < -0.3 is 18.9 Å². The summed E-state index contributed by atoms with van der Waals surface area (Å²) < 4.78 is 22.6. The number of aromatic nitrogens is 1. The van der Waals surface area contributed by atoms with Crippen molar-refractivity contribution in [1.82, 2.24) is 9.88 Å². The molecule has 144 valence electrons. The van der Waals surface area contributed by atoms with Crippen molar-refractivity contribution in [2.75, 3.05) is 33.1 Å². The van der Waals surface area contributed by atoms with E-state index >= 15 is 0 Å². The van der Waals surface area contributed by atoms with E-state index in [4.69, 9.17) is 18.9 Å². The number of benzene rings is 2. The molecular formula is C22H22N2O4. The number of morpholine rings is 1. The van der Waals surface area contributed by atoms with Gasteiger partial charge in [-0.3, -0.25) is 9.88 Å². The van der Waals surface area contributed by atoms with Crippen molar-refractivity contribution in [3.05, 3.63) is 60.3 Å². The van der Waals surface area contributed by atoms with Gasteiger partial charge in [0.1, 0.15) is 18.5 Å². The fraction of sp³-hybridized carbons (Fsp3) is 0.318. The molecule has 0 spiro atoms. The predicted molar refractivity (Wildman–Crippen MR) is 105 cm³/mol. The van der Waals surface area contributed by atoms with E-state index in [1.165, 1.54) is 10.9 Å². The zero-order chi connectivity index (χ0) is 18.8. The molecule has 1 aromatic heterocycles. The van der Waals surface area contributed by atoms with Crippen molar-refractivity contribution >= 4 is 10.9 Å². The molecule has 0 amide bonds. The highest BCUT2D eigenvalue weighted by atomic mass is 16.7. The van der Waals surface area contributed by atoms with E-state index in [1.54, 1.807) is 0 Å². The summed E-state index contributed by atoms with van der Waals surface area (Å²) in [4.78, 5) is 6.87. The third-order valence-electron chi connectivity index (χ3n) is 5.14. The molecule has 0 N–H and O–H groups in total. The number of hydrogen-bond acceptors (Lipinski definition) is 6. The van der Waals surface area contributed by atoms with E-state index in [9.17, 15) is 0 Å². The minimum Gasteiger partial charge on any atom is -0.491 e. The van der Waals surface area contributed by atoms with E-state index in [0.29, 0.717) is 13.2 Å². The lowest BCUT2D eigenvalue weighted by molar-refractivity contribution is -0.0503. The molecule has 3 heterocycles. The van der Waals surface area contributed by atoms with Crippen LogP contribution in [0.4, 0.5) is 0 Å². The molecule has 0 saturated carbocycles. The van der Waals surface area contributed by atoms with Gasteiger partial charge in [0.2, 0.25) is 6.79 Å². The third kappa shape index (κ3) is 3.61. The van der Waals surface area contributed by atoms with Crippen LogP contribution in [0.5, 0.6) is 17.2 Å². The highest BCUT2D eigenvalue weighted by molar-refractivity contribution is 5.81. The normalized spacial score (nSPS) is 19.1. The molecule has 1 saturated heterocycles. The molecule has 2 aliphatic heterocycles. The molecule has 1 unspecified atom stereocenters. The standard InChI is InChI=1S/C22H22N2O4/c1-2-4-20-19(3-1)16(7-8-23-20)12-24-9-10-25-18(13-24)14-26-17-5-6-21-22(11-17)28-15-27-21/h1-8,11,18H,9-10,12-15H2. The van der Waals surface area contributed by atoms with Crippen LogP contribution in [0.3, 0.4) is 0 Å². The van der Waals surface area contributed by atoms with Crippen LogP contribution in [-0.2, 0) is 11.3 Å². The number of pyridine rings is 1. The van der Waals surface area contributed by atoms with E-state index < -0.39 is 0 Å². The number of hydrogen-bond donors (Lipinski definition) is 0. The minimum absolute atomic E-state index is 0.0345. The van der Waals surface area contributed by atoms with Crippen LogP contribution >= 0.6 is 0 Å². The first kappa shape index (κ1) is 17.3. The highest BCUT2D eigenvalue weighted by Crippen LogP contribution is 2.35. The Morgan fingerprint density at radius 1 is 1.07 bits per heavy atom. The highest BCUT2D eigenvalue weighted by Gasteiger charge is 2.22. The molecule has 5 rings (SSSR count). The Labute approximate surface area is 163 Å². The summed E-state index contributed by atoms with van der Waals surface area (Å²) in [5.74, 6) is 2.26. The first-order chi connectivity index (χ1) is 13.8. The van der Waals surface area contributed by atoms with Crippen LogP contribution in [0.1, 0.15) is 5.56 Å². The van der Waals surface area contributed by atoms with Crippen LogP contribution in [0, 0.1) is 0 Å². The Balaban J connectivity index is 1.21. The van der Waals surface area contributed by atoms with Gasteiger partial charge in [-0.25, -0.2) is 0 Å². The van der Waals surface area contributed by atoms with E-state index in [1.807, 2.05) is 30.5 Å². The van der Waals surface area contributed by atoms with Crippen molar-refractivity contribution in [3.8, 4) is 17.2 Å². The lowest BCUT2D eigenvalue weighted by Crippen LogP contribution is -2.44. The molecule has 0 aliphatic carbocycles. The number of fused-ring (bicyclic) bond motifs is 2. The Kier molecular flexibility index (Phi) is 4.72. The summed E-state index contributed by atoms with van der Waals surface area (Å²) in [6.45, 7) is 4.11. The average molecular weight is 378 g/mol. The average Bonchev–Trinajstić information content (AvgIpc) is 3.21. The molecule has 1 fully saturated rings. The van der Waals surface area contributed by atoms with Crippen LogP contribution in [0.25, 0.3) is 10.9 Å². The van der Waals surface area contributed by atoms with E-state index in [2.05, 4.69) is 34.1 Å². The summed E-state index contributed by atoms with van der Waals surface area (Å²) in [5, 5.41) is 1.21. The van der Waals surface area contributed by atoms with Gasteiger partial charge in [-0.15, -0.1) is 0 Å². The van der Waals surface area contributed by atoms with Crippen LogP contribution in [0.2, 0.25) is 0 Å². The molecule has 0 radical (unpaired) electrons. The summed E-state index contributed by atoms with van der Waals surface area (Å²) in [7, 11) is 0. The Morgan fingerprint density at radius 2 is 2.00 bits per heavy atom. The van der Waals surface area contributed by atoms with Crippen LogP contribution in [-0.4, -0.2) is 49.1 Å². The third-order valence-corrected chi connectivity index (χ3v) is 5.14. The molecule has 0 bridgehead atoms. The van der Waals surface area contributed by atoms with Crippen molar-refractivity contribution in [1.29, 1.82) is 0 Å². The van der Waals surface area contributed by atoms with Gasteiger partial charge in [-0.2, -0.15) is 0 Å². The van der Waals surface area contributed by atoms with Gasteiger partial charge in [-0.05, 0) is 29.8 Å².